The molecular formula is C16H40N2O6Si2. The van der Waals surface area contributed by atoms with Crippen LogP contribution in [0.3, 0.4) is 0 Å². The molecule has 0 amide bonds. The molecule has 0 aromatic rings. The van der Waals surface area contributed by atoms with Gasteiger partial charge in [0.2, 0.25) is 0 Å². The Labute approximate surface area is 162 Å². The first-order chi connectivity index (χ1) is 12.5. The van der Waals surface area contributed by atoms with E-state index in [0.717, 1.165) is 57.7 Å². The molecule has 0 aliphatic carbocycles. The summed E-state index contributed by atoms with van der Waals surface area (Å²) >= 11 is 0. The second-order valence-corrected chi connectivity index (χ2v) is 12.2. The first kappa shape index (κ1) is 26.1. The Morgan fingerprint density at radius 3 is 1.35 bits per heavy atom. The summed E-state index contributed by atoms with van der Waals surface area (Å²) in [7, 11) is 4.96. The lowest BCUT2D eigenvalue weighted by molar-refractivity contribution is 0.119. The van der Waals surface area contributed by atoms with Crippen LogP contribution in [-0.4, -0.2) is 97.9 Å². The third-order valence-corrected chi connectivity index (χ3v) is 10.3. The third-order valence-electron chi connectivity index (χ3n) is 4.64. The summed E-state index contributed by atoms with van der Waals surface area (Å²) in [6.07, 6.45) is 1.94. The van der Waals surface area contributed by atoms with Crippen molar-refractivity contribution in [3.05, 3.63) is 0 Å². The minimum Gasteiger partial charge on any atom is -0.377 e. The maximum absolute atomic E-state index is 5.51. The number of hydrogen-bond donors (Lipinski definition) is 1. The van der Waals surface area contributed by atoms with Crippen molar-refractivity contribution in [2.75, 3.05) is 75.4 Å². The second-order valence-electron chi connectivity index (χ2n) is 5.99. The van der Waals surface area contributed by atoms with Crippen LogP contribution in [0.15, 0.2) is 0 Å². The van der Waals surface area contributed by atoms with Gasteiger partial charge in [-0.25, -0.2) is 0 Å². The predicted octanol–water partition coefficient (Wildman–Crippen LogP) is 1.43. The minimum absolute atomic E-state index is 0.807. The maximum atomic E-state index is 5.51. The Balaban J connectivity index is 4.51. The van der Waals surface area contributed by atoms with Crippen LogP contribution in [0.4, 0.5) is 0 Å². The first-order valence-electron chi connectivity index (χ1n) is 9.24. The molecule has 0 aliphatic heterocycles. The molecule has 0 rings (SSSR count). The van der Waals surface area contributed by atoms with E-state index in [1.54, 1.807) is 42.7 Å². The molecule has 8 nitrogen and oxygen atoms in total. The molecule has 0 bridgehead atoms. The molecule has 0 unspecified atom stereocenters. The van der Waals surface area contributed by atoms with Gasteiger partial charge in [-0.15, -0.1) is 0 Å². The van der Waals surface area contributed by atoms with Gasteiger partial charge in [0, 0.05) is 67.8 Å². The van der Waals surface area contributed by atoms with Crippen LogP contribution in [0, 0.1) is 0 Å². The largest absolute Gasteiger partial charge is 0.500 e. The average molecular weight is 413 g/mol. The Morgan fingerprint density at radius 1 is 0.654 bits per heavy atom. The smallest absolute Gasteiger partial charge is 0.377 e. The quantitative estimate of drug-likeness (QED) is 0.268. The highest BCUT2D eigenvalue weighted by atomic mass is 28.4. The second kappa shape index (κ2) is 15.1. The van der Waals surface area contributed by atoms with Gasteiger partial charge in [0.1, 0.15) is 0 Å². The molecule has 26 heavy (non-hydrogen) atoms. The summed E-state index contributed by atoms with van der Waals surface area (Å²) in [4.78, 5) is 2.45. The molecule has 0 fully saturated rings. The van der Waals surface area contributed by atoms with Gasteiger partial charge in [-0.1, -0.05) is 6.92 Å². The zero-order valence-electron chi connectivity index (χ0n) is 17.8. The molecule has 0 saturated heterocycles. The zero-order valence-corrected chi connectivity index (χ0v) is 19.8. The normalized spacial score (nSPS) is 12.9. The van der Waals surface area contributed by atoms with E-state index >= 15 is 0 Å². The van der Waals surface area contributed by atoms with E-state index in [1.807, 2.05) is 0 Å². The van der Waals surface area contributed by atoms with Gasteiger partial charge in [-0.05, 0) is 32.5 Å². The summed E-state index contributed by atoms with van der Waals surface area (Å²) in [5.74, 6) is 0. The molecular weight excluding hydrogens is 372 g/mol. The molecule has 158 valence electrons. The van der Waals surface area contributed by atoms with Crippen molar-refractivity contribution in [1.82, 2.24) is 10.2 Å². The van der Waals surface area contributed by atoms with Gasteiger partial charge >= 0.3 is 17.6 Å². The van der Waals surface area contributed by atoms with Crippen molar-refractivity contribution < 1.29 is 26.6 Å². The summed E-state index contributed by atoms with van der Waals surface area (Å²) in [5.41, 5.74) is 0. The summed E-state index contributed by atoms with van der Waals surface area (Å²) < 4.78 is 33.0. The van der Waals surface area contributed by atoms with E-state index in [-0.39, 0.29) is 0 Å². The summed E-state index contributed by atoms with van der Waals surface area (Å²) in [6, 6.07) is 1.61. The lowest BCUT2D eigenvalue weighted by atomic mass is 10.3. The van der Waals surface area contributed by atoms with Gasteiger partial charge in [0.05, 0.1) is 0 Å². The van der Waals surface area contributed by atoms with Gasteiger partial charge < -0.3 is 36.8 Å². The topological polar surface area (TPSA) is 70.7 Å². The van der Waals surface area contributed by atoms with Crippen molar-refractivity contribution in [3.8, 4) is 0 Å². The maximum Gasteiger partial charge on any atom is 0.500 e. The van der Waals surface area contributed by atoms with Gasteiger partial charge in [-0.3, -0.25) is 0 Å². The van der Waals surface area contributed by atoms with Crippen molar-refractivity contribution in [3.63, 3.8) is 0 Å². The minimum atomic E-state index is -2.50. The molecule has 0 aromatic heterocycles. The highest BCUT2D eigenvalue weighted by Crippen LogP contribution is 2.17. The van der Waals surface area contributed by atoms with E-state index in [9.17, 15) is 0 Å². The number of likely N-dealkylation sites (N-methyl/N-ethyl adjacent to an activating group) is 1. The molecule has 0 saturated carbocycles. The molecule has 10 heteroatoms. The molecule has 0 aliphatic rings. The van der Waals surface area contributed by atoms with Crippen molar-refractivity contribution in [2.24, 2.45) is 0 Å². The van der Waals surface area contributed by atoms with E-state index in [4.69, 9.17) is 26.6 Å². The molecule has 0 radical (unpaired) electrons. The highest BCUT2D eigenvalue weighted by molar-refractivity contribution is 6.60. The van der Waals surface area contributed by atoms with E-state index in [2.05, 4.69) is 17.1 Å². The van der Waals surface area contributed by atoms with Crippen LogP contribution in [-0.2, 0) is 26.6 Å². The number of nitrogens with one attached hydrogen (secondary N) is 1. The van der Waals surface area contributed by atoms with E-state index < -0.39 is 17.6 Å². The zero-order chi connectivity index (χ0) is 19.9. The average Bonchev–Trinajstić information content (AvgIpc) is 2.69. The van der Waals surface area contributed by atoms with Crippen molar-refractivity contribution >= 4 is 17.6 Å². The van der Waals surface area contributed by atoms with E-state index in [1.165, 1.54) is 0 Å². The lowest BCUT2D eigenvalue weighted by Gasteiger charge is -2.28. The first-order valence-corrected chi connectivity index (χ1v) is 13.1. The van der Waals surface area contributed by atoms with Gasteiger partial charge in [0.15, 0.2) is 0 Å². The Bertz CT molecular complexity index is 291. The van der Waals surface area contributed by atoms with Crippen LogP contribution < -0.4 is 5.32 Å². The van der Waals surface area contributed by atoms with Crippen molar-refractivity contribution in [2.45, 2.75) is 31.9 Å². The summed E-state index contributed by atoms with van der Waals surface area (Å²) in [5, 5.41) is 3.39. The Morgan fingerprint density at radius 2 is 1.04 bits per heavy atom. The monoisotopic (exact) mass is 412 g/mol. The van der Waals surface area contributed by atoms with Crippen molar-refractivity contribution in [1.29, 1.82) is 0 Å². The fourth-order valence-electron chi connectivity index (χ4n) is 2.90. The lowest BCUT2D eigenvalue weighted by Crippen LogP contribution is -2.44. The van der Waals surface area contributed by atoms with Crippen LogP contribution in [0.2, 0.25) is 12.1 Å². The number of nitrogens with zero attached hydrogens (tertiary/aromatic N) is 1. The molecule has 0 aromatic carbocycles. The third kappa shape index (κ3) is 9.35. The number of rotatable bonds is 18. The summed E-state index contributed by atoms with van der Waals surface area (Å²) in [6.45, 7) is 7.01. The molecule has 0 spiro atoms. The van der Waals surface area contributed by atoms with Gasteiger partial charge in [-0.2, -0.15) is 0 Å². The SMILES string of the molecule is CCNCCN(CCC[Si](OC)(OC)OC)CCC[Si](OC)(OC)OC. The van der Waals surface area contributed by atoms with Gasteiger partial charge in [0.25, 0.3) is 0 Å². The fraction of sp³-hybridized carbons (Fsp3) is 1.00. The molecule has 0 atom stereocenters. The Hall–Kier alpha value is 0.114. The molecule has 1 N–H and O–H groups in total. The fourth-order valence-corrected chi connectivity index (χ4v) is 6.31. The highest BCUT2D eigenvalue weighted by Gasteiger charge is 2.38. The predicted molar refractivity (Wildman–Crippen MR) is 107 cm³/mol. The van der Waals surface area contributed by atoms with E-state index in [0.29, 0.717) is 0 Å². The van der Waals surface area contributed by atoms with Crippen LogP contribution in [0.5, 0.6) is 0 Å². The van der Waals surface area contributed by atoms with Crippen LogP contribution in [0.25, 0.3) is 0 Å². The van der Waals surface area contributed by atoms with Crippen LogP contribution >= 0.6 is 0 Å². The molecule has 0 heterocycles. The number of hydrogen-bond acceptors (Lipinski definition) is 8. The Kier molecular flexibility index (Phi) is 15.2. The standard InChI is InChI=1S/C16H40N2O6Si2/c1-8-17-11-14-18(12-9-15-25(19-2,20-3)21-4)13-10-16-26(22-5,23-6)24-7/h17H,8-16H2,1-7H3. The van der Waals surface area contributed by atoms with Crippen LogP contribution in [0.1, 0.15) is 19.8 Å².